The monoisotopic (exact) mass is 418 g/mol. The molecule has 10 heteroatoms. The summed E-state index contributed by atoms with van der Waals surface area (Å²) in [5, 5.41) is 0.129. The molecule has 1 aromatic carbocycles. The first-order valence-electron chi connectivity index (χ1n) is 7.44. The van der Waals surface area contributed by atoms with Gasteiger partial charge in [0.1, 0.15) is 17.1 Å². The largest absolute Gasteiger partial charge is 0.495 e. The van der Waals surface area contributed by atoms with E-state index < -0.39 is 18.6 Å². The number of nitrogens with zero attached hydrogens (tertiary/aromatic N) is 1. The van der Waals surface area contributed by atoms with Gasteiger partial charge < -0.3 is 14.5 Å². The van der Waals surface area contributed by atoms with Gasteiger partial charge in [0.05, 0.1) is 28.9 Å². The number of H-pyrrole nitrogens is 1. The van der Waals surface area contributed by atoms with Crippen LogP contribution in [0.5, 0.6) is 11.5 Å². The molecule has 3 rings (SSSR count). The highest BCUT2D eigenvalue weighted by atomic mass is 35.5. The minimum Gasteiger partial charge on any atom is -0.495 e. The predicted octanol–water partition coefficient (Wildman–Crippen LogP) is 5.05. The number of pyridine rings is 1. The average molecular weight is 419 g/mol. The Hall–Kier alpha value is -2.45. The summed E-state index contributed by atoms with van der Waals surface area (Å²) in [7, 11) is 1.45. The molecule has 0 aliphatic rings. The Labute approximate surface area is 161 Å². The number of rotatable bonds is 5. The maximum Gasteiger partial charge on any atom is 0.422 e. The highest BCUT2D eigenvalue weighted by Crippen LogP contribution is 2.37. The number of fused-ring (bicyclic) bond motifs is 1. The van der Waals surface area contributed by atoms with E-state index in [1.54, 1.807) is 6.07 Å². The summed E-state index contributed by atoms with van der Waals surface area (Å²) in [5.41, 5.74) is 0.450. The van der Waals surface area contributed by atoms with Crippen LogP contribution in [0.25, 0.3) is 11.0 Å². The third kappa shape index (κ3) is 3.96. The van der Waals surface area contributed by atoms with Gasteiger partial charge in [0.2, 0.25) is 0 Å². The van der Waals surface area contributed by atoms with Crippen molar-refractivity contribution in [2.24, 2.45) is 0 Å². The van der Waals surface area contributed by atoms with Crippen molar-refractivity contribution in [1.82, 2.24) is 9.97 Å². The summed E-state index contributed by atoms with van der Waals surface area (Å²) >= 11 is 12.2. The lowest BCUT2D eigenvalue weighted by atomic mass is 10.0. The summed E-state index contributed by atoms with van der Waals surface area (Å²) in [4.78, 5) is 19.9. The normalized spacial score (nSPS) is 11.6. The van der Waals surface area contributed by atoms with Gasteiger partial charge in [-0.05, 0) is 18.2 Å². The molecule has 0 atom stereocenters. The molecule has 2 aromatic heterocycles. The quantitative estimate of drug-likeness (QED) is 0.588. The van der Waals surface area contributed by atoms with Crippen LogP contribution in [0.2, 0.25) is 10.0 Å². The lowest BCUT2D eigenvalue weighted by Gasteiger charge is -2.13. The molecule has 0 bridgehead atoms. The molecule has 0 saturated heterocycles. The number of halogens is 5. The van der Waals surface area contributed by atoms with Gasteiger partial charge in [0.25, 0.3) is 0 Å². The Morgan fingerprint density at radius 1 is 1.30 bits per heavy atom. The summed E-state index contributed by atoms with van der Waals surface area (Å²) < 4.78 is 47.0. The van der Waals surface area contributed by atoms with Crippen LogP contribution in [-0.4, -0.2) is 35.6 Å². The number of carbonyl (C=O) groups excluding carboxylic acids is 1. The number of methoxy groups -OCH3 is 1. The second-order valence-electron chi connectivity index (χ2n) is 5.44. The zero-order chi connectivity index (χ0) is 19.8. The highest BCUT2D eigenvalue weighted by molar-refractivity contribution is 6.42. The predicted molar refractivity (Wildman–Crippen MR) is 94.1 cm³/mol. The number of hydrogen-bond donors (Lipinski definition) is 1. The molecule has 0 aliphatic heterocycles. The number of carbonyl (C=O) groups is 1. The summed E-state index contributed by atoms with van der Waals surface area (Å²) in [6, 6.07) is 4.02. The summed E-state index contributed by atoms with van der Waals surface area (Å²) in [6.45, 7) is -1.55. The standard InChI is InChI=1S/C17H11Cl2F3N2O3/c1-26-8-4-9-10(6-24-16(9)23-5-8)15(25)13-11(18)2-3-12(14(13)19)27-7-17(20,21)22/h2-6H,7H2,1H3,(H,23,24). The molecule has 27 heavy (non-hydrogen) atoms. The third-order valence-corrected chi connectivity index (χ3v) is 4.35. The number of aromatic amines is 1. The fourth-order valence-corrected chi connectivity index (χ4v) is 3.03. The van der Waals surface area contributed by atoms with Crippen LogP contribution in [0, 0.1) is 0 Å². The maximum atomic E-state index is 13.0. The van der Waals surface area contributed by atoms with E-state index in [-0.39, 0.29) is 26.9 Å². The first-order chi connectivity index (χ1) is 12.7. The maximum absolute atomic E-state index is 13.0. The van der Waals surface area contributed by atoms with Crippen LogP contribution in [0.15, 0.2) is 30.6 Å². The first kappa shape index (κ1) is 19.3. The molecule has 2 heterocycles. The second-order valence-corrected chi connectivity index (χ2v) is 6.23. The van der Waals surface area contributed by atoms with Crippen LogP contribution >= 0.6 is 23.2 Å². The minimum atomic E-state index is -4.55. The van der Waals surface area contributed by atoms with Gasteiger partial charge in [-0.15, -0.1) is 0 Å². The Kier molecular flexibility index (Phi) is 5.21. The molecular formula is C17H11Cl2F3N2O3. The number of nitrogens with one attached hydrogen (secondary N) is 1. The topological polar surface area (TPSA) is 64.2 Å². The lowest BCUT2D eigenvalue weighted by molar-refractivity contribution is -0.153. The second kappa shape index (κ2) is 7.28. The highest BCUT2D eigenvalue weighted by Gasteiger charge is 2.30. The fraction of sp³-hybridized carbons (Fsp3) is 0.176. The van der Waals surface area contributed by atoms with E-state index in [2.05, 4.69) is 14.7 Å². The number of hydrogen-bond acceptors (Lipinski definition) is 4. The molecule has 0 fully saturated rings. The van der Waals surface area contributed by atoms with E-state index in [0.717, 1.165) is 0 Å². The van der Waals surface area contributed by atoms with Crippen molar-refractivity contribution in [1.29, 1.82) is 0 Å². The van der Waals surface area contributed by atoms with E-state index in [4.69, 9.17) is 27.9 Å². The lowest BCUT2D eigenvalue weighted by Crippen LogP contribution is -2.19. The smallest absolute Gasteiger partial charge is 0.422 e. The molecule has 0 unspecified atom stereocenters. The van der Waals surface area contributed by atoms with Crippen LogP contribution in [-0.2, 0) is 0 Å². The van der Waals surface area contributed by atoms with Gasteiger partial charge in [-0.1, -0.05) is 23.2 Å². The van der Waals surface area contributed by atoms with Crippen molar-refractivity contribution in [3.05, 3.63) is 51.8 Å². The number of ether oxygens (including phenoxy) is 2. The molecule has 1 N–H and O–H groups in total. The Balaban J connectivity index is 2.04. The molecule has 0 amide bonds. The minimum absolute atomic E-state index is 0.0189. The molecule has 5 nitrogen and oxygen atoms in total. The van der Waals surface area contributed by atoms with Gasteiger partial charge in [0.15, 0.2) is 12.4 Å². The Morgan fingerprint density at radius 3 is 2.70 bits per heavy atom. The molecule has 3 aromatic rings. The zero-order valence-electron chi connectivity index (χ0n) is 13.7. The van der Waals surface area contributed by atoms with E-state index in [1.165, 1.54) is 31.6 Å². The summed E-state index contributed by atoms with van der Waals surface area (Å²) in [6.07, 6.45) is -1.67. The van der Waals surface area contributed by atoms with Gasteiger partial charge >= 0.3 is 6.18 Å². The number of ketones is 1. The molecule has 0 saturated carbocycles. The van der Waals surface area contributed by atoms with Crippen molar-refractivity contribution in [3.8, 4) is 11.5 Å². The third-order valence-electron chi connectivity index (χ3n) is 3.66. The van der Waals surface area contributed by atoms with E-state index in [9.17, 15) is 18.0 Å². The molecule has 0 radical (unpaired) electrons. The number of benzene rings is 1. The van der Waals surface area contributed by atoms with Crippen LogP contribution < -0.4 is 9.47 Å². The summed E-state index contributed by atoms with van der Waals surface area (Å²) in [5.74, 6) is -0.461. The average Bonchev–Trinajstić information content (AvgIpc) is 3.03. The van der Waals surface area contributed by atoms with E-state index in [1.807, 2.05) is 0 Å². The molecule has 0 aliphatic carbocycles. The number of alkyl halides is 3. The SMILES string of the molecule is COc1cnc2[nH]cc(C(=O)c3c(Cl)ccc(OCC(F)(F)F)c3Cl)c2c1. The van der Waals surface area contributed by atoms with Gasteiger partial charge in [-0.3, -0.25) is 4.79 Å². The van der Waals surface area contributed by atoms with Crippen molar-refractivity contribution in [2.45, 2.75) is 6.18 Å². The van der Waals surface area contributed by atoms with Gasteiger partial charge in [0, 0.05) is 17.1 Å². The van der Waals surface area contributed by atoms with Crippen molar-refractivity contribution in [2.75, 3.05) is 13.7 Å². The van der Waals surface area contributed by atoms with Gasteiger partial charge in [-0.2, -0.15) is 13.2 Å². The molecule has 142 valence electrons. The van der Waals surface area contributed by atoms with Crippen molar-refractivity contribution < 1.29 is 27.4 Å². The van der Waals surface area contributed by atoms with Crippen LogP contribution in [0.1, 0.15) is 15.9 Å². The molecular weight excluding hydrogens is 408 g/mol. The van der Waals surface area contributed by atoms with Crippen molar-refractivity contribution in [3.63, 3.8) is 0 Å². The molecule has 0 spiro atoms. The fourth-order valence-electron chi connectivity index (χ4n) is 2.43. The first-order valence-corrected chi connectivity index (χ1v) is 8.20. The van der Waals surface area contributed by atoms with E-state index in [0.29, 0.717) is 16.8 Å². The Bertz CT molecular complexity index is 1020. The van der Waals surface area contributed by atoms with E-state index >= 15 is 0 Å². The number of aromatic nitrogens is 2. The van der Waals surface area contributed by atoms with Crippen LogP contribution in [0.4, 0.5) is 13.2 Å². The van der Waals surface area contributed by atoms with Gasteiger partial charge in [-0.25, -0.2) is 4.98 Å². The van der Waals surface area contributed by atoms with Crippen LogP contribution in [0.3, 0.4) is 0 Å². The Morgan fingerprint density at radius 2 is 2.04 bits per heavy atom. The zero-order valence-corrected chi connectivity index (χ0v) is 15.2. The van der Waals surface area contributed by atoms with Crippen molar-refractivity contribution >= 4 is 40.0 Å².